The fourth-order valence-electron chi connectivity index (χ4n) is 1.82. The summed E-state index contributed by atoms with van der Waals surface area (Å²) in [6, 6.07) is 14.4. The van der Waals surface area contributed by atoms with E-state index < -0.39 is 0 Å². The SMILES string of the molecule is Nc1nnc(SCCOc2ccc3ccccc3c2)s1. The van der Waals surface area contributed by atoms with Crippen molar-refractivity contribution < 1.29 is 4.74 Å². The minimum absolute atomic E-state index is 0.503. The van der Waals surface area contributed by atoms with Crippen LogP contribution < -0.4 is 10.5 Å². The fourth-order valence-corrected chi connectivity index (χ4v) is 3.35. The van der Waals surface area contributed by atoms with Gasteiger partial charge in [0.05, 0.1) is 6.61 Å². The van der Waals surface area contributed by atoms with E-state index in [4.69, 9.17) is 10.5 Å². The largest absolute Gasteiger partial charge is 0.493 e. The Labute approximate surface area is 125 Å². The van der Waals surface area contributed by atoms with Crippen LogP contribution in [0.15, 0.2) is 46.8 Å². The number of ether oxygens (including phenoxy) is 1. The maximum Gasteiger partial charge on any atom is 0.203 e. The number of hydrogen-bond acceptors (Lipinski definition) is 6. The van der Waals surface area contributed by atoms with E-state index in [2.05, 4.69) is 34.5 Å². The Hall–Kier alpha value is -1.79. The molecule has 0 saturated heterocycles. The van der Waals surface area contributed by atoms with E-state index in [0.29, 0.717) is 11.7 Å². The van der Waals surface area contributed by atoms with E-state index in [1.165, 1.54) is 22.1 Å². The molecule has 2 aromatic carbocycles. The van der Waals surface area contributed by atoms with Crippen LogP contribution >= 0.6 is 23.1 Å². The van der Waals surface area contributed by atoms with Crippen molar-refractivity contribution in [1.29, 1.82) is 0 Å². The van der Waals surface area contributed by atoms with Crippen LogP contribution in [0.1, 0.15) is 0 Å². The van der Waals surface area contributed by atoms with E-state index in [1.54, 1.807) is 11.8 Å². The molecule has 0 atom stereocenters. The first kappa shape index (κ1) is 13.2. The van der Waals surface area contributed by atoms with Crippen LogP contribution in [0.25, 0.3) is 10.8 Å². The molecule has 1 aromatic heterocycles. The van der Waals surface area contributed by atoms with Crippen LogP contribution in [0.4, 0.5) is 5.13 Å². The highest BCUT2D eigenvalue weighted by molar-refractivity contribution is 8.01. The molecule has 1 heterocycles. The van der Waals surface area contributed by atoms with Crippen LogP contribution in [0.5, 0.6) is 5.75 Å². The summed E-state index contributed by atoms with van der Waals surface area (Å²) in [4.78, 5) is 0. The first-order valence-corrected chi connectivity index (χ1v) is 7.95. The van der Waals surface area contributed by atoms with Gasteiger partial charge in [-0.2, -0.15) is 0 Å². The summed E-state index contributed by atoms with van der Waals surface area (Å²) in [6.07, 6.45) is 0. The molecule has 6 heteroatoms. The topological polar surface area (TPSA) is 61.0 Å². The van der Waals surface area contributed by atoms with Gasteiger partial charge in [0, 0.05) is 5.75 Å². The number of benzene rings is 2. The third kappa shape index (κ3) is 3.20. The van der Waals surface area contributed by atoms with E-state index in [9.17, 15) is 0 Å². The van der Waals surface area contributed by atoms with Crippen molar-refractivity contribution in [3.05, 3.63) is 42.5 Å². The zero-order valence-corrected chi connectivity index (χ0v) is 12.3. The van der Waals surface area contributed by atoms with Gasteiger partial charge in [0.2, 0.25) is 5.13 Å². The van der Waals surface area contributed by atoms with Gasteiger partial charge in [-0.25, -0.2) is 0 Å². The first-order valence-electron chi connectivity index (χ1n) is 6.15. The van der Waals surface area contributed by atoms with Crippen molar-refractivity contribution in [2.24, 2.45) is 0 Å². The summed E-state index contributed by atoms with van der Waals surface area (Å²) in [5.74, 6) is 1.71. The summed E-state index contributed by atoms with van der Waals surface area (Å²) in [5, 5.41) is 10.6. The zero-order valence-electron chi connectivity index (χ0n) is 10.7. The minimum Gasteiger partial charge on any atom is -0.493 e. The Morgan fingerprint density at radius 2 is 1.95 bits per heavy atom. The van der Waals surface area contributed by atoms with Crippen LogP contribution in [-0.4, -0.2) is 22.6 Å². The van der Waals surface area contributed by atoms with E-state index >= 15 is 0 Å². The van der Waals surface area contributed by atoms with Gasteiger partial charge in [0.1, 0.15) is 5.75 Å². The predicted octanol–water partition coefficient (Wildman–Crippen LogP) is 3.44. The quantitative estimate of drug-likeness (QED) is 0.578. The minimum atomic E-state index is 0.503. The molecule has 0 aliphatic rings. The van der Waals surface area contributed by atoms with Gasteiger partial charge < -0.3 is 10.5 Å². The third-order valence-electron chi connectivity index (χ3n) is 2.72. The molecule has 0 spiro atoms. The molecule has 0 saturated carbocycles. The Morgan fingerprint density at radius 1 is 1.10 bits per heavy atom. The molecule has 102 valence electrons. The molecule has 3 aromatic rings. The number of fused-ring (bicyclic) bond motifs is 1. The number of anilines is 1. The Balaban J connectivity index is 1.54. The Kier molecular flexibility index (Phi) is 4.03. The third-order valence-corrected chi connectivity index (χ3v) is 4.57. The average molecular weight is 303 g/mol. The molecule has 0 aliphatic heterocycles. The summed E-state index contributed by atoms with van der Waals surface area (Å²) in [6.45, 7) is 0.627. The Morgan fingerprint density at radius 3 is 2.75 bits per heavy atom. The lowest BCUT2D eigenvalue weighted by Gasteiger charge is -2.06. The summed E-state index contributed by atoms with van der Waals surface area (Å²) in [7, 11) is 0. The highest BCUT2D eigenvalue weighted by atomic mass is 32.2. The van der Waals surface area contributed by atoms with Gasteiger partial charge in [0.25, 0.3) is 0 Å². The molecule has 0 radical (unpaired) electrons. The molecule has 0 unspecified atom stereocenters. The number of thioether (sulfide) groups is 1. The smallest absolute Gasteiger partial charge is 0.203 e. The number of aromatic nitrogens is 2. The zero-order chi connectivity index (χ0) is 13.8. The van der Waals surface area contributed by atoms with Crippen molar-refractivity contribution in [2.45, 2.75) is 4.34 Å². The first-order chi connectivity index (χ1) is 9.81. The molecule has 0 amide bonds. The number of hydrogen-bond donors (Lipinski definition) is 1. The summed E-state index contributed by atoms with van der Waals surface area (Å²) < 4.78 is 6.63. The fraction of sp³-hybridized carbons (Fsp3) is 0.143. The normalized spacial score (nSPS) is 10.8. The van der Waals surface area contributed by atoms with Gasteiger partial charge in [-0.05, 0) is 22.9 Å². The van der Waals surface area contributed by atoms with E-state index in [-0.39, 0.29) is 0 Å². The van der Waals surface area contributed by atoms with Crippen LogP contribution in [0.3, 0.4) is 0 Å². The van der Waals surface area contributed by atoms with E-state index in [0.717, 1.165) is 15.8 Å². The Bertz CT molecular complexity index is 714. The molecular weight excluding hydrogens is 290 g/mol. The molecule has 20 heavy (non-hydrogen) atoms. The van der Waals surface area contributed by atoms with Gasteiger partial charge in [-0.3, -0.25) is 0 Å². The molecule has 0 aliphatic carbocycles. The molecule has 0 bridgehead atoms. The molecule has 3 rings (SSSR count). The monoisotopic (exact) mass is 303 g/mol. The lowest BCUT2D eigenvalue weighted by molar-refractivity contribution is 0.344. The molecular formula is C14H13N3OS2. The van der Waals surface area contributed by atoms with Crippen molar-refractivity contribution >= 4 is 39.0 Å². The van der Waals surface area contributed by atoms with Crippen molar-refractivity contribution in [1.82, 2.24) is 10.2 Å². The van der Waals surface area contributed by atoms with Gasteiger partial charge >= 0.3 is 0 Å². The number of nitrogens with zero attached hydrogens (tertiary/aromatic N) is 2. The number of nitrogen functional groups attached to an aromatic ring is 1. The summed E-state index contributed by atoms with van der Waals surface area (Å²) >= 11 is 3.00. The molecule has 2 N–H and O–H groups in total. The lowest BCUT2D eigenvalue weighted by Crippen LogP contribution is -1.99. The maximum absolute atomic E-state index is 5.75. The molecule has 0 fully saturated rings. The van der Waals surface area contributed by atoms with Crippen molar-refractivity contribution in [2.75, 3.05) is 18.1 Å². The van der Waals surface area contributed by atoms with Crippen LogP contribution in [0.2, 0.25) is 0 Å². The van der Waals surface area contributed by atoms with Gasteiger partial charge in [-0.15, -0.1) is 10.2 Å². The van der Waals surface area contributed by atoms with Crippen molar-refractivity contribution in [3.8, 4) is 5.75 Å². The molecule has 4 nitrogen and oxygen atoms in total. The predicted molar refractivity (Wildman–Crippen MR) is 84.5 cm³/mol. The standard InChI is InChI=1S/C14H13N3OS2/c15-13-16-17-14(20-13)19-8-7-18-12-6-5-10-3-1-2-4-11(10)9-12/h1-6,9H,7-8H2,(H2,15,16). The average Bonchev–Trinajstić information content (AvgIpc) is 2.89. The second-order valence-electron chi connectivity index (χ2n) is 4.11. The lowest BCUT2D eigenvalue weighted by atomic mass is 10.1. The van der Waals surface area contributed by atoms with Gasteiger partial charge in [0.15, 0.2) is 4.34 Å². The van der Waals surface area contributed by atoms with Crippen LogP contribution in [0, 0.1) is 0 Å². The second kappa shape index (κ2) is 6.11. The summed E-state index contributed by atoms with van der Waals surface area (Å²) in [5.41, 5.74) is 5.53. The van der Waals surface area contributed by atoms with Crippen LogP contribution in [-0.2, 0) is 0 Å². The highest BCUT2D eigenvalue weighted by Crippen LogP contribution is 2.24. The van der Waals surface area contributed by atoms with Gasteiger partial charge in [-0.1, -0.05) is 53.4 Å². The highest BCUT2D eigenvalue weighted by Gasteiger charge is 2.02. The number of rotatable bonds is 5. The second-order valence-corrected chi connectivity index (χ2v) is 6.46. The number of nitrogens with two attached hydrogens (primary N) is 1. The van der Waals surface area contributed by atoms with Crippen molar-refractivity contribution in [3.63, 3.8) is 0 Å². The maximum atomic E-state index is 5.75. The van der Waals surface area contributed by atoms with E-state index in [1.807, 2.05) is 18.2 Å².